The third-order valence-electron chi connectivity index (χ3n) is 4.78. The first-order valence-corrected chi connectivity index (χ1v) is 10.6. The Hall–Kier alpha value is -2.78. The van der Waals surface area contributed by atoms with Gasteiger partial charge >= 0.3 is 0 Å². The lowest BCUT2D eigenvalue weighted by Gasteiger charge is -2.33. The third kappa shape index (κ3) is 4.55. The van der Waals surface area contributed by atoms with Crippen LogP contribution in [0.25, 0.3) is 0 Å². The lowest BCUT2D eigenvalue weighted by molar-refractivity contribution is -0.385. The number of nitrogens with zero attached hydrogens (tertiary/aromatic N) is 2. The first-order valence-electron chi connectivity index (χ1n) is 8.82. The van der Waals surface area contributed by atoms with Crippen LogP contribution >= 0.6 is 0 Å². The summed E-state index contributed by atoms with van der Waals surface area (Å²) in [5, 5.41) is 13.9. The SMILES string of the molecule is Cc1ccc(NC(=O)C(c2ccccc2)N2CCS(=O)(=O)CC2)cc1[N+](=O)[O-]. The first kappa shape index (κ1) is 20.0. The van der Waals surface area contributed by atoms with Crippen LogP contribution in [0.3, 0.4) is 0 Å². The summed E-state index contributed by atoms with van der Waals surface area (Å²) < 4.78 is 23.5. The molecular formula is C19H21N3O5S. The molecule has 0 spiro atoms. The van der Waals surface area contributed by atoms with E-state index in [0.717, 1.165) is 5.56 Å². The Kier molecular flexibility index (Phi) is 5.76. The number of nitro benzene ring substituents is 1. The van der Waals surface area contributed by atoms with Crippen molar-refractivity contribution in [2.24, 2.45) is 0 Å². The van der Waals surface area contributed by atoms with E-state index in [1.165, 1.54) is 6.07 Å². The number of sulfone groups is 1. The second-order valence-corrected chi connectivity index (χ2v) is 9.05. The minimum atomic E-state index is -3.08. The van der Waals surface area contributed by atoms with Crippen LogP contribution in [0.5, 0.6) is 0 Å². The predicted octanol–water partition coefficient (Wildman–Crippen LogP) is 2.31. The van der Waals surface area contributed by atoms with Gasteiger partial charge in [0.1, 0.15) is 6.04 Å². The Bertz CT molecular complexity index is 978. The van der Waals surface area contributed by atoms with Gasteiger partial charge in [0.15, 0.2) is 9.84 Å². The summed E-state index contributed by atoms with van der Waals surface area (Å²) in [6.45, 7) is 2.14. The molecule has 9 heteroatoms. The van der Waals surface area contributed by atoms with E-state index in [9.17, 15) is 23.3 Å². The molecule has 2 aromatic carbocycles. The van der Waals surface area contributed by atoms with Gasteiger partial charge in [-0.05, 0) is 18.6 Å². The number of hydrogen-bond acceptors (Lipinski definition) is 6. The van der Waals surface area contributed by atoms with Crippen molar-refractivity contribution in [3.8, 4) is 0 Å². The molecule has 1 heterocycles. The Morgan fingerprint density at radius 3 is 2.39 bits per heavy atom. The van der Waals surface area contributed by atoms with Gasteiger partial charge in [-0.2, -0.15) is 0 Å². The molecule has 0 aromatic heterocycles. The smallest absolute Gasteiger partial charge is 0.274 e. The van der Waals surface area contributed by atoms with Crippen LogP contribution in [0.1, 0.15) is 17.2 Å². The Morgan fingerprint density at radius 1 is 1.14 bits per heavy atom. The molecular weight excluding hydrogens is 382 g/mol. The van der Waals surface area contributed by atoms with E-state index in [2.05, 4.69) is 5.32 Å². The molecule has 1 fully saturated rings. The molecule has 1 unspecified atom stereocenters. The lowest BCUT2D eigenvalue weighted by atomic mass is 10.0. The van der Waals surface area contributed by atoms with Crippen molar-refractivity contribution in [1.29, 1.82) is 0 Å². The highest BCUT2D eigenvalue weighted by Gasteiger charge is 2.32. The summed E-state index contributed by atoms with van der Waals surface area (Å²) in [4.78, 5) is 25.6. The number of benzene rings is 2. The van der Waals surface area contributed by atoms with Crippen molar-refractivity contribution in [2.45, 2.75) is 13.0 Å². The summed E-state index contributed by atoms with van der Waals surface area (Å²) in [5.41, 5.74) is 1.50. The van der Waals surface area contributed by atoms with Gasteiger partial charge in [0.2, 0.25) is 5.91 Å². The molecule has 1 aliphatic rings. The van der Waals surface area contributed by atoms with Crippen LogP contribution in [-0.4, -0.2) is 48.7 Å². The molecule has 1 aliphatic heterocycles. The lowest BCUT2D eigenvalue weighted by Crippen LogP contribution is -2.46. The predicted molar refractivity (Wildman–Crippen MR) is 106 cm³/mol. The van der Waals surface area contributed by atoms with E-state index >= 15 is 0 Å². The Balaban J connectivity index is 1.87. The number of carbonyl (C=O) groups is 1. The average Bonchev–Trinajstić information content (AvgIpc) is 2.65. The van der Waals surface area contributed by atoms with Crippen LogP contribution in [0, 0.1) is 17.0 Å². The molecule has 1 amide bonds. The molecule has 1 atom stereocenters. The van der Waals surface area contributed by atoms with Crippen molar-refractivity contribution >= 4 is 27.1 Å². The largest absolute Gasteiger partial charge is 0.324 e. The maximum Gasteiger partial charge on any atom is 0.274 e. The van der Waals surface area contributed by atoms with E-state index in [1.807, 2.05) is 35.2 Å². The van der Waals surface area contributed by atoms with Gasteiger partial charge in [0, 0.05) is 30.4 Å². The summed E-state index contributed by atoms with van der Waals surface area (Å²) in [6.07, 6.45) is 0. The maximum absolute atomic E-state index is 13.1. The van der Waals surface area contributed by atoms with Crippen molar-refractivity contribution in [2.75, 3.05) is 29.9 Å². The van der Waals surface area contributed by atoms with Crippen molar-refractivity contribution < 1.29 is 18.1 Å². The number of anilines is 1. The number of nitrogens with one attached hydrogen (secondary N) is 1. The summed E-state index contributed by atoms with van der Waals surface area (Å²) >= 11 is 0. The van der Waals surface area contributed by atoms with Gasteiger partial charge < -0.3 is 5.32 Å². The van der Waals surface area contributed by atoms with E-state index < -0.39 is 20.8 Å². The fraction of sp³-hybridized carbons (Fsp3) is 0.316. The third-order valence-corrected chi connectivity index (χ3v) is 6.39. The molecule has 2 aromatic rings. The highest BCUT2D eigenvalue weighted by atomic mass is 32.2. The molecule has 1 N–H and O–H groups in total. The van der Waals surface area contributed by atoms with E-state index in [-0.39, 0.29) is 36.2 Å². The van der Waals surface area contributed by atoms with Gasteiger partial charge in [-0.25, -0.2) is 8.42 Å². The van der Waals surface area contributed by atoms with Crippen molar-refractivity contribution in [1.82, 2.24) is 4.90 Å². The topological polar surface area (TPSA) is 110 Å². The number of carbonyl (C=O) groups excluding carboxylic acids is 1. The number of hydrogen-bond donors (Lipinski definition) is 1. The fourth-order valence-electron chi connectivity index (χ4n) is 3.24. The average molecular weight is 403 g/mol. The van der Waals surface area contributed by atoms with E-state index in [4.69, 9.17) is 0 Å². The van der Waals surface area contributed by atoms with Crippen LogP contribution in [0.15, 0.2) is 48.5 Å². The molecule has 3 rings (SSSR count). The fourth-order valence-corrected chi connectivity index (χ4v) is 4.47. The van der Waals surface area contributed by atoms with Crippen molar-refractivity contribution in [3.05, 3.63) is 69.8 Å². The van der Waals surface area contributed by atoms with Crippen LogP contribution in [0.4, 0.5) is 11.4 Å². The monoisotopic (exact) mass is 403 g/mol. The highest BCUT2D eigenvalue weighted by Crippen LogP contribution is 2.27. The molecule has 148 valence electrons. The van der Waals surface area contributed by atoms with Gasteiger partial charge in [0.05, 0.1) is 16.4 Å². The van der Waals surface area contributed by atoms with Gasteiger partial charge in [-0.3, -0.25) is 19.8 Å². The first-order chi connectivity index (χ1) is 13.3. The zero-order chi connectivity index (χ0) is 20.3. The number of rotatable bonds is 5. The number of aryl methyl sites for hydroxylation is 1. The highest BCUT2D eigenvalue weighted by molar-refractivity contribution is 7.91. The van der Waals surface area contributed by atoms with Gasteiger partial charge in [0.25, 0.3) is 5.69 Å². The standard InChI is InChI=1S/C19H21N3O5S/c1-14-7-8-16(13-17(14)22(24)25)20-19(23)18(15-5-3-2-4-6-15)21-9-11-28(26,27)12-10-21/h2-8,13,18H,9-12H2,1H3,(H,20,23). The van der Waals surface area contributed by atoms with Crippen LogP contribution in [0.2, 0.25) is 0 Å². The van der Waals surface area contributed by atoms with Crippen LogP contribution < -0.4 is 5.32 Å². The summed E-state index contributed by atoms with van der Waals surface area (Å²) in [6, 6.07) is 12.9. The molecule has 0 radical (unpaired) electrons. The molecule has 8 nitrogen and oxygen atoms in total. The van der Waals surface area contributed by atoms with E-state index in [0.29, 0.717) is 11.3 Å². The van der Waals surface area contributed by atoms with Gasteiger partial charge in [-0.15, -0.1) is 0 Å². The zero-order valence-corrected chi connectivity index (χ0v) is 16.2. The molecule has 0 aliphatic carbocycles. The Labute approximate surface area is 163 Å². The van der Waals surface area contributed by atoms with Crippen molar-refractivity contribution in [3.63, 3.8) is 0 Å². The summed E-state index contributed by atoms with van der Waals surface area (Å²) in [5.74, 6) is -0.358. The molecule has 0 saturated carbocycles. The quantitative estimate of drug-likeness (QED) is 0.606. The maximum atomic E-state index is 13.1. The van der Waals surface area contributed by atoms with E-state index in [1.54, 1.807) is 19.1 Å². The second-order valence-electron chi connectivity index (χ2n) is 6.75. The second kappa shape index (κ2) is 8.07. The normalized spacial score (nSPS) is 17.6. The van der Waals surface area contributed by atoms with Gasteiger partial charge in [-0.1, -0.05) is 36.4 Å². The molecule has 0 bridgehead atoms. The number of amides is 1. The molecule has 1 saturated heterocycles. The minimum Gasteiger partial charge on any atom is -0.324 e. The Morgan fingerprint density at radius 2 is 1.79 bits per heavy atom. The number of nitro groups is 1. The summed E-state index contributed by atoms with van der Waals surface area (Å²) in [7, 11) is -3.08. The van der Waals surface area contributed by atoms with Crippen LogP contribution in [-0.2, 0) is 14.6 Å². The molecule has 28 heavy (non-hydrogen) atoms. The minimum absolute atomic E-state index is 0.000380. The zero-order valence-electron chi connectivity index (χ0n) is 15.4.